The molecule has 5 atom stereocenters. The largest absolute Gasteiger partial charge is 0.394 e. The second-order valence-corrected chi connectivity index (χ2v) is 3.67. The van der Waals surface area contributed by atoms with Gasteiger partial charge in [-0.15, -0.1) is 0 Å². The number of methoxy groups -OCH3 is 1. The highest BCUT2D eigenvalue weighted by Gasteiger charge is 2.44. The van der Waals surface area contributed by atoms with Crippen molar-refractivity contribution in [2.75, 3.05) is 13.7 Å². The van der Waals surface area contributed by atoms with Crippen LogP contribution in [0, 0.1) is 0 Å². The number of aliphatic hydroxyl groups excluding tert-OH is 3. The predicted octanol–water partition coefficient (Wildman–Crippen LogP) is -2.42. The van der Waals surface area contributed by atoms with Crippen LogP contribution in [-0.2, 0) is 14.3 Å². The molecular formula is C9H17NO6. The summed E-state index contributed by atoms with van der Waals surface area (Å²) in [6.07, 6.45) is -4.35. The first kappa shape index (κ1) is 13.3. The van der Waals surface area contributed by atoms with E-state index in [0.29, 0.717) is 0 Å². The Morgan fingerprint density at radius 2 is 2.06 bits per heavy atom. The van der Waals surface area contributed by atoms with Gasteiger partial charge in [0.15, 0.2) is 6.29 Å². The number of carbonyl (C=O) groups is 1. The van der Waals surface area contributed by atoms with Crippen LogP contribution in [0.1, 0.15) is 6.92 Å². The fourth-order valence-electron chi connectivity index (χ4n) is 1.67. The maximum atomic E-state index is 10.9. The average molecular weight is 235 g/mol. The van der Waals surface area contributed by atoms with E-state index in [0.717, 1.165) is 0 Å². The summed E-state index contributed by atoms with van der Waals surface area (Å²) >= 11 is 0. The molecule has 1 fully saturated rings. The molecule has 0 aliphatic carbocycles. The number of carbonyl (C=O) groups excluding carboxylic acids is 1. The minimum Gasteiger partial charge on any atom is -0.394 e. The third-order valence-corrected chi connectivity index (χ3v) is 2.48. The van der Waals surface area contributed by atoms with Gasteiger partial charge < -0.3 is 30.1 Å². The minimum absolute atomic E-state index is 0.371. The SMILES string of the molecule is CO[C@H]1OC(CO)[C@@H](O)C(O)C1NC(C)=O. The van der Waals surface area contributed by atoms with Crippen molar-refractivity contribution in [2.45, 2.75) is 37.6 Å². The molecule has 1 rings (SSSR count). The van der Waals surface area contributed by atoms with Gasteiger partial charge in [0, 0.05) is 14.0 Å². The van der Waals surface area contributed by atoms with Gasteiger partial charge in [-0.05, 0) is 0 Å². The highest BCUT2D eigenvalue weighted by molar-refractivity contribution is 5.73. The van der Waals surface area contributed by atoms with Crippen molar-refractivity contribution in [3.63, 3.8) is 0 Å². The molecule has 16 heavy (non-hydrogen) atoms. The highest BCUT2D eigenvalue weighted by Crippen LogP contribution is 2.21. The molecule has 3 unspecified atom stereocenters. The molecule has 1 aliphatic heterocycles. The second-order valence-electron chi connectivity index (χ2n) is 3.67. The van der Waals surface area contributed by atoms with E-state index in [2.05, 4.69) is 5.32 Å². The monoisotopic (exact) mass is 235 g/mol. The molecule has 1 heterocycles. The Morgan fingerprint density at radius 1 is 1.44 bits per heavy atom. The summed E-state index contributed by atoms with van der Waals surface area (Å²) in [6.45, 7) is 0.842. The number of ether oxygens (including phenoxy) is 2. The second kappa shape index (κ2) is 5.55. The Kier molecular flexibility index (Phi) is 4.63. The quantitative estimate of drug-likeness (QED) is 0.433. The smallest absolute Gasteiger partial charge is 0.217 e. The topological polar surface area (TPSA) is 108 Å². The van der Waals surface area contributed by atoms with Gasteiger partial charge >= 0.3 is 0 Å². The van der Waals surface area contributed by atoms with E-state index in [1.54, 1.807) is 0 Å². The van der Waals surface area contributed by atoms with Gasteiger partial charge in [-0.1, -0.05) is 0 Å². The molecule has 7 nitrogen and oxygen atoms in total. The van der Waals surface area contributed by atoms with Crippen LogP contribution in [0.15, 0.2) is 0 Å². The van der Waals surface area contributed by atoms with Gasteiger partial charge in [-0.3, -0.25) is 4.79 Å². The first-order valence-electron chi connectivity index (χ1n) is 4.93. The molecule has 7 heteroatoms. The average Bonchev–Trinajstić information content (AvgIpc) is 2.25. The van der Waals surface area contributed by atoms with Gasteiger partial charge in [-0.2, -0.15) is 0 Å². The number of nitrogens with one attached hydrogen (secondary N) is 1. The van der Waals surface area contributed by atoms with Crippen molar-refractivity contribution in [2.24, 2.45) is 0 Å². The summed E-state index contributed by atoms with van der Waals surface area (Å²) in [7, 11) is 1.35. The molecule has 0 spiro atoms. The van der Waals surface area contributed by atoms with E-state index in [1.165, 1.54) is 14.0 Å². The fraction of sp³-hybridized carbons (Fsp3) is 0.889. The molecule has 1 saturated heterocycles. The maximum Gasteiger partial charge on any atom is 0.217 e. The first-order valence-corrected chi connectivity index (χ1v) is 4.93. The van der Waals surface area contributed by atoms with Crippen LogP contribution in [0.4, 0.5) is 0 Å². The summed E-state index contributed by atoms with van der Waals surface area (Å²) in [5.41, 5.74) is 0. The van der Waals surface area contributed by atoms with E-state index < -0.39 is 37.3 Å². The molecular weight excluding hydrogens is 218 g/mol. The van der Waals surface area contributed by atoms with Gasteiger partial charge in [0.2, 0.25) is 5.91 Å². The summed E-state index contributed by atoms with van der Waals surface area (Å²) < 4.78 is 10.1. The van der Waals surface area contributed by atoms with E-state index >= 15 is 0 Å². The number of hydrogen-bond donors (Lipinski definition) is 4. The van der Waals surface area contributed by atoms with E-state index in [1.807, 2.05) is 0 Å². The van der Waals surface area contributed by atoms with E-state index in [9.17, 15) is 15.0 Å². The lowest BCUT2D eigenvalue weighted by atomic mass is 9.97. The molecule has 0 aromatic carbocycles. The van der Waals surface area contributed by atoms with Crippen molar-refractivity contribution < 1.29 is 29.6 Å². The van der Waals surface area contributed by atoms with Crippen molar-refractivity contribution in [1.82, 2.24) is 5.32 Å². The summed E-state index contributed by atoms with van der Waals surface area (Å²) in [4.78, 5) is 10.9. The van der Waals surface area contributed by atoms with E-state index in [4.69, 9.17) is 14.6 Å². The lowest BCUT2D eigenvalue weighted by Gasteiger charge is -2.41. The third kappa shape index (κ3) is 2.69. The fourth-order valence-corrected chi connectivity index (χ4v) is 1.67. The summed E-state index contributed by atoms with van der Waals surface area (Å²) in [5, 5.41) is 30.7. The van der Waals surface area contributed by atoms with Gasteiger partial charge in [-0.25, -0.2) is 0 Å². The van der Waals surface area contributed by atoms with Crippen LogP contribution in [0.2, 0.25) is 0 Å². The molecule has 94 valence electrons. The molecule has 0 bridgehead atoms. The maximum absolute atomic E-state index is 10.9. The molecule has 1 aliphatic rings. The molecule has 0 aromatic rings. The van der Waals surface area contributed by atoms with Crippen LogP contribution in [0.3, 0.4) is 0 Å². The zero-order valence-electron chi connectivity index (χ0n) is 9.16. The van der Waals surface area contributed by atoms with Crippen LogP contribution in [0.5, 0.6) is 0 Å². The zero-order valence-corrected chi connectivity index (χ0v) is 9.16. The molecule has 0 saturated carbocycles. The van der Waals surface area contributed by atoms with Crippen LogP contribution < -0.4 is 5.32 Å². The lowest BCUT2D eigenvalue weighted by molar-refractivity contribution is -0.262. The first-order chi connectivity index (χ1) is 7.51. The minimum atomic E-state index is -1.27. The highest BCUT2D eigenvalue weighted by atomic mass is 16.7. The number of rotatable bonds is 3. The summed E-state index contributed by atoms with van der Waals surface area (Å²) in [6, 6.07) is -0.861. The Morgan fingerprint density at radius 3 is 2.50 bits per heavy atom. The Balaban J connectivity index is 2.77. The van der Waals surface area contributed by atoms with Crippen molar-refractivity contribution >= 4 is 5.91 Å². The van der Waals surface area contributed by atoms with Crippen molar-refractivity contribution in [3.05, 3.63) is 0 Å². The number of hydrogen-bond acceptors (Lipinski definition) is 6. The normalized spacial score (nSPS) is 39.4. The number of aliphatic hydroxyl groups is 3. The molecule has 4 N–H and O–H groups in total. The van der Waals surface area contributed by atoms with Crippen LogP contribution in [-0.4, -0.2) is 65.6 Å². The van der Waals surface area contributed by atoms with Crippen LogP contribution in [0.25, 0.3) is 0 Å². The Labute approximate surface area is 93.0 Å². The molecule has 0 aromatic heterocycles. The van der Waals surface area contributed by atoms with Gasteiger partial charge in [0.1, 0.15) is 24.4 Å². The Bertz CT molecular complexity index is 246. The van der Waals surface area contributed by atoms with Gasteiger partial charge in [0.25, 0.3) is 0 Å². The van der Waals surface area contributed by atoms with Crippen molar-refractivity contribution in [1.29, 1.82) is 0 Å². The predicted molar refractivity (Wildman–Crippen MR) is 52.4 cm³/mol. The summed E-state index contributed by atoms with van der Waals surface area (Å²) in [5.74, 6) is -0.371. The lowest BCUT2D eigenvalue weighted by Crippen LogP contribution is -2.64. The van der Waals surface area contributed by atoms with Crippen LogP contribution >= 0.6 is 0 Å². The zero-order chi connectivity index (χ0) is 12.3. The Hall–Kier alpha value is -0.730. The van der Waals surface area contributed by atoms with Crippen molar-refractivity contribution in [3.8, 4) is 0 Å². The molecule has 0 radical (unpaired) electrons. The van der Waals surface area contributed by atoms with Gasteiger partial charge in [0.05, 0.1) is 6.61 Å². The number of amides is 1. The molecule has 1 amide bonds. The standard InChI is InChI=1S/C9H17NO6/c1-4(12)10-6-8(14)7(13)5(3-11)16-9(6)15-2/h5-9,11,13-14H,3H2,1-2H3,(H,10,12)/t5?,6?,7-,8?,9+/m1/s1. The third-order valence-electron chi connectivity index (χ3n) is 2.48. The van der Waals surface area contributed by atoms with E-state index in [-0.39, 0.29) is 5.91 Å².